The van der Waals surface area contributed by atoms with Crippen molar-refractivity contribution in [3.8, 4) is 0 Å². The third-order valence-corrected chi connectivity index (χ3v) is 7.01. The van der Waals surface area contributed by atoms with Crippen LogP contribution in [0.15, 0.2) is 0 Å². The summed E-state index contributed by atoms with van der Waals surface area (Å²) in [4.78, 5) is 2.51. The molecule has 0 aromatic carbocycles. The van der Waals surface area contributed by atoms with Gasteiger partial charge < -0.3 is 4.90 Å². The maximum atomic E-state index is 2.51. The molecule has 0 saturated carbocycles. The first-order valence-electron chi connectivity index (χ1n) is 13.8. The Morgan fingerprint density at radius 1 is 0.448 bits per heavy atom. The van der Waals surface area contributed by atoms with Crippen LogP contribution in [-0.4, -0.2) is 25.0 Å². The molecule has 1 nitrogen and oxygen atoms in total. The van der Waals surface area contributed by atoms with Gasteiger partial charge in [0.2, 0.25) is 0 Å². The number of hydrogen-bond acceptors (Lipinski definition) is 1. The van der Waals surface area contributed by atoms with Gasteiger partial charge in [0.25, 0.3) is 0 Å². The Balaban J connectivity index is 3.48. The molecule has 0 rings (SSSR count). The lowest BCUT2D eigenvalue weighted by Crippen LogP contribution is -2.35. The third kappa shape index (κ3) is 18.4. The van der Waals surface area contributed by atoms with Crippen LogP contribution in [0.2, 0.25) is 0 Å². The van der Waals surface area contributed by atoms with Crippen LogP contribution in [-0.2, 0) is 0 Å². The van der Waals surface area contributed by atoms with Crippen LogP contribution in [0.5, 0.6) is 0 Å². The van der Waals surface area contributed by atoms with Crippen molar-refractivity contribution in [3.63, 3.8) is 0 Å². The maximum absolute atomic E-state index is 2.51. The number of hydrogen-bond donors (Lipinski definition) is 0. The molecule has 0 spiro atoms. The van der Waals surface area contributed by atoms with Gasteiger partial charge in [0.15, 0.2) is 0 Å². The first-order chi connectivity index (χ1) is 14.2. The van der Waals surface area contributed by atoms with E-state index < -0.39 is 0 Å². The van der Waals surface area contributed by atoms with E-state index in [1.54, 1.807) is 0 Å². The van der Waals surface area contributed by atoms with Crippen molar-refractivity contribution in [1.82, 2.24) is 4.90 Å². The molecule has 0 aliphatic carbocycles. The van der Waals surface area contributed by atoms with Gasteiger partial charge in [-0.05, 0) is 32.9 Å². The lowest BCUT2D eigenvalue weighted by Gasteiger charge is -2.32. The second-order valence-corrected chi connectivity index (χ2v) is 9.93. The van der Waals surface area contributed by atoms with Crippen molar-refractivity contribution in [2.75, 3.05) is 14.1 Å². The van der Waals surface area contributed by atoms with E-state index in [4.69, 9.17) is 0 Å². The lowest BCUT2D eigenvalue weighted by atomic mass is 9.87. The molecule has 0 N–H and O–H groups in total. The molecule has 0 radical (unpaired) electrons. The molecule has 0 saturated heterocycles. The Kier molecular flexibility index (Phi) is 22.6. The van der Waals surface area contributed by atoms with E-state index >= 15 is 0 Å². The molecule has 1 heteroatoms. The Morgan fingerprint density at radius 3 is 1.17 bits per heavy atom. The van der Waals surface area contributed by atoms with Gasteiger partial charge in [-0.1, -0.05) is 143 Å². The average molecular weight is 410 g/mol. The Hall–Kier alpha value is -0.0400. The standard InChI is InChI=1S/C28H59N/c1-6-9-11-12-13-14-15-16-17-18-19-20-21-22-23-24-26-28(29(4)5)27(8-3)25-10-7-2/h27-28H,6-26H2,1-5H3. The van der Waals surface area contributed by atoms with Crippen LogP contribution >= 0.6 is 0 Å². The summed E-state index contributed by atoms with van der Waals surface area (Å²) in [5.74, 6) is 0.904. The Morgan fingerprint density at radius 2 is 0.828 bits per heavy atom. The van der Waals surface area contributed by atoms with Gasteiger partial charge in [0, 0.05) is 6.04 Å². The van der Waals surface area contributed by atoms with Crippen LogP contribution in [0.3, 0.4) is 0 Å². The van der Waals surface area contributed by atoms with Crippen molar-refractivity contribution in [1.29, 1.82) is 0 Å². The van der Waals surface area contributed by atoms with E-state index in [0.717, 1.165) is 12.0 Å². The molecule has 0 aromatic rings. The highest BCUT2D eigenvalue weighted by molar-refractivity contribution is 4.75. The summed E-state index contributed by atoms with van der Waals surface area (Å²) < 4.78 is 0. The summed E-state index contributed by atoms with van der Waals surface area (Å²) in [6.07, 6.45) is 30.3. The molecule has 0 aliphatic heterocycles. The zero-order valence-electron chi connectivity index (χ0n) is 21.5. The molecule has 0 aromatic heterocycles. The van der Waals surface area contributed by atoms with Gasteiger partial charge in [-0.2, -0.15) is 0 Å². The Labute approximate surface area is 186 Å². The minimum Gasteiger partial charge on any atom is -0.306 e. The average Bonchev–Trinajstić information content (AvgIpc) is 2.71. The summed E-state index contributed by atoms with van der Waals surface area (Å²) in [6.45, 7) is 7.02. The normalized spacial score (nSPS) is 13.9. The fourth-order valence-corrected chi connectivity index (χ4v) is 4.95. The topological polar surface area (TPSA) is 3.24 Å². The fourth-order valence-electron chi connectivity index (χ4n) is 4.95. The minimum atomic E-state index is 0.804. The van der Waals surface area contributed by atoms with Gasteiger partial charge in [-0.25, -0.2) is 0 Å². The minimum absolute atomic E-state index is 0.804. The zero-order valence-corrected chi connectivity index (χ0v) is 21.5. The lowest BCUT2D eigenvalue weighted by molar-refractivity contribution is 0.177. The van der Waals surface area contributed by atoms with Crippen LogP contribution in [0.4, 0.5) is 0 Å². The van der Waals surface area contributed by atoms with Crippen molar-refractivity contribution >= 4 is 0 Å². The summed E-state index contributed by atoms with van der Waals surface area (Å²) in [7, 11) is 4.59. The van der Waals surface area contributed by atoms with Gasteiger partial charge in [0.05, 0.1) is 0 Å². The Bertz CT molecular complexity index is 299. The summed E-state index contributed by atoms with van der Waals surface area (Å²) in [5.41, 5.74) is 0. The largest absolute Gasteiger partial charge is 0.306 e. The van der Waals surface area contributed by atoms with Crippen molar-refractivity contribution < 1.29 is 0 Å². The molecular formula is C28H59N. The van der Waals surface area contributed by atoms with E-state index in [2.05, 4.69) is 39.8 Å². The smallest absolute Gasteiger partial charge is 0.0117 e. The fraction of sp³-hybridized carbons (Fsp3) is 1.00. The monoisotopic (exact) mass is 409 g/mol. The van der Waals surface area contributed by atoms with Crippen LogP contribution in [0.25, 0.3) is 0 Å². The van der Waals surface area contributed by atoms with Gasteiger partial charge >= 0.3 is 0 Å². The van der Waals surface area contributed by atoms with E-state index in [-0.39, 0.29) is 0 Å². The third-order valence-electron chi connectivity index (χ3n) is 7.01. The van der Waals surface area contributed by atoms with Gasteiger partial charge in [-0.3, -0.25) is 0 Å². The number of rotatable bonds is 23. The molecule has 2 atom stereocenters. The molecule has 0 heterocycles. The second kappa shape index (κ2) is 22.6. The van der Waals surface area contributed by atoms with E-state index in [1.807, 2.05) is 0 Å². The summed E-state index contributed by atoms with van der Waals surface area (Å²) in [6, 6.07) is 0.804. The molecule has 176 valence electrons. The highest BCUT2D eigenvalue weighted by atomic mass is 15.1. The summed E-state index contributed by atoms with van der Waals surface area (Å²) >= 11 is 0. The van der Waals surface area contributed by atoms with Crippen molar-refractivity contribution in [2.45, 2.75) is 162 Å². The number of unbranched alkanes of at least 4 members (excludes halogenated alkanes) is 16. The predicted octanol–water partition coefficient (Wildman–Crippen LogP) is 9.78. The molecule has 29 heavy (non-hydrogen) atoms. The predicted molar refractivity (Wildman–Crippen MR) is 135 cm³/mol. The van der Waals surface area contributed by atoms with Gasteiger partial charge in [-0.15, -0.1) is 0 Å². The zero-order chi connectivity index (χ0) is 21.6. The van der Waals surface area contributed by atoms with E-state index in [0.29, 0.717) is 0 Å². The van der Waals surface area contributed by atoms with Crippen LogP contribution in [0.1, 0.15) is 156 Å². The molecule has 0 fully saturated rings. The van der Waals surface area contributed by atoms with Crippen LogP contribution < -0.4 is 0 Å². The second-order valence-electron chi connectivity index (χ2n) is 9.93. The highest BCUT2D eigenvalue weighted by Crippen LogP contribution is 2.24. The molecule has 0 aliphatic rings. The molecule has 0 amide bonds. The molecule has 0 bridgehead atoms. The van der Waals surface area contributed by atoms with Crippen LogP contribution in [0, 0.1) is 5.92 Å². The maximum Gasteiger partial charge on any atom is 0.0117 e. The van der Waals surface area contributed by atoms with Crippen molar-refractivity contribution in [3.05, 3.63) is 0 Å². The highest BCUT2D eigenvalue weighted by Gasteiger charge is 2.20. The first-order valence-corrected chi connectivity index (χ1v) is 13.8. The van der Waals surface area contributed by atoms with E-state index in [9.17, 15) is 0 Å². The first kappa shape index (κ1) is 29.0. The van der Waals surface area contributed by atoms with Gasteiger partial charge in [0.1, 0.15) is 0 Å². The van der Waals surface area contributed by atoms with E-state index in [1.165, 1.54) is 135 Å². The van der Waals surface area contributed by atoms with Crippen molar-refractivity contribution in [2.24, 2.45) is 5.92 Å². The quantitative estimate of drug-likeness (QED) is 0.152. The number of nitrogens with zero attached hydrogens (tertiary/aromatic N) is 1. The SMILES string of the molecule is CCCCCCCCCCCCCCCCCCC(C(CC)CCCC)N(C)C. The molecule has 2 unspecified atom stereocenters. The molecular weight excluding hydrogens is 350 g/mol. The summed E-state index contributed by atoms with van der Waals surface area (Å²) in [5, 5.41) is 0.